The van der Waals surface area contributed by atoms with Gasteiger partial charge in [-0.15, -0.1) is 0 Å². The molecule has 0 spiro atoms. The molecule has 2 N–H and O–H groups in total. The van der Waals surface area contributed by atoms with E-state index in [-0.39, 0.29) is 29.5 Å². The van der Waals surface area contributed by atoms with Crippen molar-refractivity contribution in [2.24, 2.45) is 0 Å². The Balaban J connectivity index is 0.00000256. The smallest absolute Gasteiger partial charge is 1.00 e. The van der Waals surface area contributed by atoms with Gasteiger partial charge in [0.15, 0.2) is 0 Å². The molecule has 0 unspecified atom stereocenters. The number of benzene rings is 4. The van der Waals surface area contributed by atoms with Crippen LogP contribution in [0.2, 0.25) is 40.2 Å². The topological polar surface area (TPSA) is 57.4 Å². The van der Waals surface area contributed by atoms with Crippen LogP contribution < -0.4 is 12.4 Å². The van der Waals surface area contributed by atoms with Gasteiger partial charge in [-0.05, 0) is 97.1 Å². The van der Waals surface area contributed by atoms with E-state index < -0.39 is 0 Å². The first-order valence-electron chi connectivity index (χ1n) is 17.0. The molecule has 0 atom stereocenters. The second kappa shape index (κ2) is 17.3. The third-order valence-corrected chi connectivity index (χ3v) is 12.1. The van der Waals surface area contributed by atoms with Gasteiger partial charge in [-0.25, -0.2) is 9.97 Å². The van der Waals surface area contributed by atoms with Crippen molar-refractivity contribution in [3.8, 4) is 44.5 Å². The predicted molar refractivity (Wildman–Crippen MR) is 241 cm³/mol. The average Bonchev–Trinajstić information content (AvgIpc) is 4.00. The molecule has 3 aromatic heterocycles. The van der Waals surface area contributed by atoms with Crippen LogP contribution in [0, 0.1) is 0 Å². The van der Waals surface area contributed by atoms with E-state index in [0.717, 1.165) is 0 Å². The second-order valence-corrected chi connectivity index (χ2v) is 16.1. The number of aromatic amines is 2. The molecule has 5 heterocycles. The summed E-state index contributed by atoms with van der Waals surface area (Å²) in [6.07, 6.45) is 7.66. The van der Waals surface area contributed by atoms with E-state index in [2.05, 4.69) is 9.97 Å². The summed E-state index contributed by atoms with van der Waals surface area (Å²) >= 11 is 55.6. The molecule has 0 aliphatic carbocycles. The maximum Gasteiger partial charge on any atom is 2.00 e. The van der Waals surface area contributed by atoms with Crippen LogP contribution in [-0.2, 0) is 17.1 Å². The minimum Gasteiger partial charge on any atom is -1.00 e. The number of rotatable bonds is 4. The van der Waals surface area contributed by atoms with Gasteiger partial charge in [-0.1, -0.05) is 117 Å². The van der Waals surface area contributed by atoms with E-state index in [4.69, 9.17) is 103 Å². The zero-order valence-corrected chi connectivity index (χ0v) is 37.2. The quantitative estimate of drug-likeness (QED) is 0.173. The van der Waals surface area contributed by atoms with Crippen molar-refractivity contribution in [3.63, 3.8) is 0 Å². The molecule has 14 heteroatoms. The second-order valence-electron chi connectivity index (χ2n) is 12.9. The Morgan fingerprint density at radius 2 is 0.483 bits per heavy atom. The standard InChI is InChI=1S/C44H22Cl8N4.ClH.Mn/c45-21-5-1-6-22(46)37(21)41-29-13-15-31(53-29)42(38-23(47)7-2-8-24(38)48)33-17-19-35(55-33)44(40-27(51)11-4-12-28(40)52)36-20-18-34(56-36)43(32-16-14-30(41)54-32)39-25(49)9-3-10-26(39)50;;/h1-20,53,56H;1H;/q;;+2/p-1. The number of nitrogens with zero attached hydrogens (tertiary/aromatic N) is 2. The van der Waals surface area contributed by atoms with Crippen LogP contribution in [0.1, 0.15) is 22.8 Å². The minimum atomic E-state index is 0. The fraction of sp³-hybridized carbons (Fsp3) is 0. The van der Waals surface area contributed by atoms with Gasteiger partial charge in [-0.3, -0.25) is 0 Å². The van der Waals surface area contributed by atoms with Gasteiger partial charge in [0.05, 0.1) is 63.0 Å². The Morgan fingerprint density at radius 1 is 0.293 bits per heavy atom. The fourth-order valence-electron chi connectivity index (χ4n) is 7.20. The summed E-state index contributed by atoms with van der Waals surface area (Å²) in [5.41, 5.74) is 10.1. The molecule has 58 heavy (non-hydrogen) atoms. The zero-order valence-electron chi connectivity index (χ0n) is 29.2. The Labute approximate surface area is 389 Å². The van der Waals surface area contributed by atoms with E-state index in [1.807, 2.05) is 48.6 Å². The molecule has 2 aliphatic rings. The number of H-pyrrole nitrogens is 2. The summed E-state index contributed by atoms with van der Waals surface area (Å²) < 4.78 is 0. The van der Waals surface area contributed by atoms with Gasteiger partial charge >= 0.3 is 17.1 Å². The Bertz CT molecular complexity index is 2560. The predicted octanol–water partition coefficient (Wildman–Crippen LogP) is 13.6. The van der Waals surface area contributed by atoms with Gasteiger partial charge in [-0.2, -0.15) is 0 Å². The van der Waals surface area contributed by atoms with Crippen LogP contribution in [0.25, 0.3) is 90.9 Å². The van der Waals surface area contributed by atoms with Crippen molar-refractivity contribution < 1.29 is 29.5 Å². The van der Waals surface area contributed by atoms with Gasteiger partial charge in [0, 0.05) is 66.6 Å². The molecular weight excluding hydrogens is 959 g/mol. The first kappa shape index (κ1) is 42.7. The summed E-state index contributed by atoms with van der Waals surface area (Å²) in [6, 6.07) is 29.3. The van der Waals surface area contributed by atoms with Crippen molar-refractivity contribution in [1.29, 1.82) is 0 Å². The number of hydrogen-bond acceptors (Lipinski definition) is 2. The summed E-state index contributed by atoms with van der Waals surface area (Å²) in [4.78, 5) is 17.8. The molecule has 4 aromatic carbocycles. The molecule has 0 fully saturated rings. The van der Waals surface area contributed by atoms with E-state index >= 15 is 0 Å². The first-order chi connectivity index (χ1) is 27.1. The van der Waals surface area contributed by atoms with Crippen molar-refractivity contribution in [3.05, 3.63) is 160 Å². The van der Waals surface area contributed by atoms with Crippen molar-refractivity contribution >= 4 is 139 Å². The molecule has 0 saturated carbocycles. The number of halogens is 9. The van der Waals surface area contributed by atoms with E-state index in [9.17, 15) is 0 Å². The summed E-state index contributed by atoms with van der Waals surface area (Å²) in [6.45, 7) is 0. The van der Waals surface area contributed by atoms with Crippen molar-refractivity contribution in [2.75, 3.05) is 0 Å². The van der Waals surface area contributed by atoms with E-state index in [1.54, 1.807) is 72.8 Å². The first-order valence-corrected chi connectivity index (χ1v) is 20.0. The zero-order chi connectivity index (χ0) is 38.8. The molecule has 2 aliphatic heterocycles. The third-order valence-electron chi connectivity index (χ3n) is 9.60. The molecule has 0 saturated heterocycles. The van der Waals surface area contributed by atoms with Gasteiger partial charge in [0.1, 0.15) is 0 Å². The van der Waals surface area contributed by atoms with Gasteiger partial charge in [0.25, 0.3) is 0 Å². The molecule has 1 radical (unpaired) electrons. The van der Waals surface area contributed by atoms with Gasteiger partial charge < -0.3 is 22.4 Å². The monoisotopic (exact) mass is 976 g/mol. The number of nitrogens with one attached hydrogen (secondary N) is 2. The summed E-state index contributed by atoms with van der Waals surface area (Å²) in [5, 5.41) is 3.53. The normalized spacial score (nSPS) is 11.7. The maximum atomic E-state index is 6.95. The van der Waals surface area contributed by atoms with E-state index in [1.165, 1.54) is 0 Å². The third kappa shape index (κ3) is 7.51. The Kier molecular flexibility index (Phi) is 12.7. The van der Waals surface area contributed by atoms with Crippen LogP contribution in [-0.4, -0.2) is 19.9 Å². The summed E-state index contributed by atoms with van der Waals surface area (Å²) in [5.74, 6) is 0. The van der Waals surface area contributed by atoms with E-state index in [0.29, 0.717) is 130 Å². The minimum absolute atomic E-state index is 0. The Morgan fingerprint density at radius 3 is 0.672 bits per heavy atom. The molecule has 7 aromatic rings. The summed E-state index contributed by atoms with van der Waals surface area (Å²) in [7, 11) is 0. The molecule has 287 valence electrons. The number of fused-ring (bicyclic) bond motifs is 8. The van der Waals surface area contributed by atoms with Crippen LogP contribution in [0.5, 0.6) is 0 Å². The molecule has 4 nitrogen and oxygen atoms in total. The Hall–Kier alpha value is -3.39. The number of hydrogen-bond donors (Lipinski definition) is 2. The molecule has 9 rings (SSSR count). The molecule has 0 amide bonds. The van der Waals surface area contributed by atoms with Crippen LogP contribution in [0.15, 0.2) is 97.1 Å². The molecular formula is C44H22Cl9MnN4+. The maximum absolute atomic E-state index is 6.95. The van der Waals surface area contributed by atoms with Crippen LogP contribution in [0.3, 0.4) is 0 Å². The fourth-order valence-corrected chi connectivity index (χ4v) is 9.55. The van der Waals surface area contributed by atoms with Gasteiger partial charge in [0.2, 0.25) is 0 Å². The largest absolute Gasteiger partial charge is 2.00 e. The average molecular weight is 981 g/mol. The SMILES string of the molecule is Clc1cccc(Cl)c1-c1c2nc(c(-c3c(Cl)cccc3Cl)c3ccc([nH]3)c(-c3c(Cl)cccc3Cl)c3nc(c(-c4c(Cl)cccc4Cl)c4ccc1[nH]4)C=C3)C=C2.[Cl-].[Mn+2]. The number of aromatic nitrogens is 4. The van der Waals surface area contributed by atoms with Crippen LogP contribution in [0.4, 0.5) is 0 Å². The van der Waals surface area contributed by atoms with Crippen LogP contribution >= 0.6 is 92.8 Å². The molecule has 8 bridgehead atoms. The van der Waals surface area contributed by atoms with Crippen molar-refractivity contribution in [2.45, 2.75) is 0 Å². The van der Waals surface area contributed by atoms with Crippen molar-refractivity contribution in [1.82, 2.24) is 19.9 Å².